The number of nitrogens with zero attached hydrogens (tertiary/aromatic N) is 1. The van der Waals surface area contributed by atoms with Crippen LogP contribution in [0.5, 0.6) is 0 Å². The van der Waals surface area contributed by atoms with E-state index in [-0.39, 0.29) is 6.10 Å². The molecule has 0 spiro atoms. The average molecular weight is 450 g/mol. The summed E-state index contributed by atoms with van der Waals surface area (Å²) in [6.45, 7) is 1.64. The third-order valence-electron chi connectivity index (χ3n) is 4.14. The molecule has 0 amide bonds. The maximum absolute atomic E-state index is 9.55. The molecule has 1 aliphatic rings. The molecule has 0 saturated carbocycles. The van der Waals surface area contributed by atoms with Crippen LogP contribution in [0, 0.1) is 0 Å². The fraction of sp³-hybridized carbons (Fsp3) is 0.273. The van der Waals surface area contributed by atoms with Crippen LogP contribution in [0.25, 0.3) is 0 Å². The number of hydrogen-bond donors (Lipinski definition) is 2. The standard InChI is InChI=1S/C18H20ClNOS.C4H4O4/c1-20(2)9-10-21-16-11-13-5-3-4-6-17(13)22-18-8-7-14(19)12-15(16)18;5-3(6)1-2-4(7)8/h3-8,12,16H,9-11H2,1-2H3;1-2H,(H,5,6)(H,7,8). The molecule has 0 saturated heterocycles. The van der Waals surface area contributed by atoms with Gasteiger partial charge in [0.2, 0.25) is 0 Å². The van der Waals surface area contributed by atoms with Crippen molar-refractivity contribution in [2.75, 3.05) is 27.2 Å². The molecule has 0 radical (unpaired) electrons. The molecule has 30 heavy (non-hydrogen) atoms. The monoisotopic (exact) mass is 449 g/mol. The largest absolute Gasteiger partial charge is 0.478 e. The molecule has 2 aromatic rings. The molecule has 1 atom stereocenters. The lowest BCUT2D eigenvalue weighted by Gasteiger charge is -2.20. The van der Waals surface area contributed by atoms with Gasteiger partial charge >= 0.3 is 11.9 Å². The molecule has 0 aliphatic carbocycles. The van der Waals surface area contributed by atoms with Gasteiger partial charge in [0.15, 0.2) is 0 Å². The van der Waals surface area contributed by atoms with Crippen molar-refractivity contribution < 1.29 is 24.5 Å². The van der Waals surface area contributed by atoms with Gasteiger partial charge in [0.1, 0.15) is 0 Å². The fourth-order valence-corrected chi connectivity index (χ4v) is 4.02. The Morgan fingerprint density at radius 3 is 2.43 bits per heavy atom. The molecule has 1 heterocycles. The molecule has 3 rings (SSSR count). The third-order valence-corrected chi connectivity index (χ3v) is 5.59. The van der Waals surface area contributed by atoms with Crippen LogP contribution in [-0.2, 0) is 20.7 Å². The fourth-order valence-electron chi connectivity index (χ4n) is 2.73. The number of benzene rings is 2. The van der Waals surface area contributed by atoms with Crippen molar-refractivity contribution >= 4 is 35.3 Å². The normalized spacial score (nSPS) is 15.0. The number of carboxylic acids is 2. The first-order valence-electron chi connectivity index (χ1n) is 9.21. The predicted octanol–water partition coefficient (Wildman–Crippen LogP) is 4.38. The number of hydrogen-bond acceptors (Lipinski definition) is 5. The molecular weight excluding hydrogens is 426 g/mol. The predicted molar refractivity (Wildman–Crippen MR) is 117 cm³/mol. The van der Waals surface area contributed by atoms with E-state index in [2.05, 4.69) is 55.4 Å². The summed E-state index contributed by atoms with van der Waals surface area (Å²) in [5.74, 6) is -2.51. The quantitative estimate of drug-likeness (QED) is 0.633. The Morgan fingerprint density at radius 1 is 1.13 bits per heavy atom. The number of fused-ring (bicyclic) bond motifs is 2. The summed E-state index contributed by atoms with van der Waals surface area (Å²) in [4.78, 5) is 23.8. The van der Waals surface area contributed by atoms with Gasteiger partial charge in [-0.2, -0.15) is 0 Å². The Hall–Kier alpha value is -2.32. The minimum absolute atomic E-state index is 0.0600. The van der Waals surface area contributed by atoms with Crippen LogP contribution in [0.3, 0.4) is 0 Å². The van der Waals surface area contributed by atoms with E-state index >= 15 is 0 Å². The maximum atomic E-state index is 9.55. The molecule has 8 heteroatoms. The summed E-state index contributed by atoms with van der Waals surface area (Å²) in [5.41, 5.74) is 2.54. The zero-order chi connectivity index (χ0) is 22.1. The number of likely N-dealkylation sites (N-methyl/N-ethyl adjacent to an activating group) is 1. The zero-order valence-corrected chi connectivity index (χ0v) is 18.3. The highest BCUT2D eigenvalue weighted by Crippen LogP contribution is 2.42. The molecule has 2 aromatic carbocycles. The number of rotatable bonds is 6. The molecule has 1 unspecified atom stereocenters. The first-order chi connectivity index (χ1) is 14.3. The average Bonchev–Trinajstić information content (AvgIpc) is 2.83. The third kappa shape index (κ3) is 7.84. The van der Waals surface area contributed by atoms with Gasteiger partial charge in [-0.3, -0.25) is 0 Å². The molecule has 160 valence electrons. The number of halogens is 1. The van der Waals surface area contributed by atoms with Crippen LogP contribution < -0.4 is 0 Å². The molecule has 0 fully saturated rings. The molecule has 6 nitrogen and oxygen atoms in total. The van der Waals surface area contributed by atoms with Gasteiger partial charge in [-0.25, -0.2) is 9.59 Å². The second kappa shape index (κ2) is 11.8. The lowest BCUT2D eigenvalue weighted by molar-refractivity contribution is -0.134. The zero-order valence-electron chi connectivity index (χ0n) is 16.7. The van der Waals surface area contributed by atoms with Gasteiger partial charge in [-0.15, -0.1) is 0 Å². The lowest BCUT2D eigenvalue weighted by Crippen LogP contribution is -2.20. The minimum atomic E-state index is -1.26. The highest BCUT2D eigenvalue weighted by molar-refractivity contribution is 7.99. The summed E-state index contributed by atoms with van der Waals surface area (Å²) < 4.78 is 6.20. The lowest BCUT2D eigenvalue weighted by atomic mass is 10.0. The number of carboxylic acid groups (broad SMARTS) is 2. The smallest absolute Gasteiger partial charge is 0.328 e. The molecule has 0 aromatic heterocycles. The summed E-state index contributed by atoms with van der Waals surface area (Å²) in [6, 6.07) is 14.7. The van der Waals surface area contributed by atoms with Crippen molar-refractivity contribution in [3.05, 3.63) is 70.8 Å². The van der Waals surface area contributed by atoms with E-state index in [1.807, 2.05) is 6.07 Å². The van der Waals surface area contributed by atoms with E-state index in [0.29, 0.717) is 12.2 Å². The van der Waals surface area contributed by atoms with Gasteiger partial charge < -0.3 is 19.8 Å². The van der Waals surface area contributed by atoms with Crippen LogP contribution in [0.1, 0.15) is 17.2 Å². The van der Waals surface area contributed by atoms with Crippen LogP contribution in [0.15, 0.2) is 64.4 Å². The van der Waals surface area contributed by atoms with E-state index in [4.69, 9.17) is 26.6 Å². The van der Waals surface area contributed by atoms with Crippen molar-refractivity contribution in [3.8, 4) is 0 Å². The van der Waals surface area contributed by atoms with Gasteiger partial charge in [0.05, 0.1) is 12.7 Å². The van der Waals surface area contributed by atoms with Crippen molar-refractivity contribution in [2.45, 2.75) is 22.3 Å². The molecule has 1 aliphatic heterocycles. The van der Waals surface area contributed by atoms with E-state index in [0.717, 1.165) is 24.6 Å². The SMILES string of the molecule is CN(C)CCOC1Cc2ccccc2Sc2ccc(Cl)cc21.O=C(O)C=CC(=O)O. The van der Waals surface area contributed by atoms with E-state index in [1.165, 1.54) is 20.9 Å². The number of aliphatic carboxylic acids is 2. The molecule has 0 bridgehead atoms. The second-order valence-corrected chi connectivity index (χ2v) is 8.29. The highest BCUT2D eigenvalue weighted by atomic mass is 35.5. The van der Waals surface area contributed by atoms with E-state index < -0.39 is 11.9 Å². The van der Waals surface area contributed by atoms with Gasteiger partial charge in [0, 0.05) is 39.9 Å². The number of carbonyl (C=O) groups is 2. The van der Waals surface area contributed by atoms with Crippen molar-refractivity contribution in [1.29, 1.82) is 0 Å². The topological polar surface area (TPSA) is 87.1 Å². The van der Waals surface area contributed by atoms with Crippen molar-refractivity contribution in [2.24, 2.45) is 0 Å². The number of ether oxygens (including phenoxy) is 1. The maximum Gasteiger partial charge on any atom is 0.328 e. The minimum Gasteiger partial charge on any atom is -0.478 e. The van der Waals surface area contributed by atoms with Gasteiger partial charge in [-0.05, 0) is 49.5 Å². The molecule has 2 N–H and O–H groups in total. The summed E-state index contributed by atoms with van der Waals surface area (Å²) in [7, 11) is 4.12. The van der Waals surface area contributed by atoms with Crippen molar-refractivity contribution in [3.63, 3.8) is 0 Å². The molecular formula is C22H24ClNO5S. The summed E-state index contributed by atoms with van der Waals surface area (Å²) >= 11 is 8.02. The van der Waals surface area contributed by atoms with Crippen LogP contribution in [0.2, 0.25) is 5.02 Å². The first-order valence-corrected chi connectivity index (χ1v) is 10.4. The van der Waals surface area contributed by atoms with E-state index in [1.54, 1.807) is 11.8 Å². The summed E-state index contributed by atoms with van der Waals surface area (Å²) in [5, 5.41) is 16.4. The van der Waals surface area contributed by atoms with Crippen LogP contribution >= 0.6 is 23.4 Å². The Morgan fingerprint density at radius 2 is 1.80 bits per heavy atom. The Balaban J connectivity index is 0.000000343. The Labute approximate surface area is 185 Å². The first kappa shape index (κ1) is 24.0. The van der Waals surface area contributed by atoms with Crippen LogP contribution in [-0.4, -0.2) is 54.3 Å². The second-order valence-electron chi connectivity index (χ2n) is 6.77. The van der Waals surface area contributed by atoms with Crippen LogP contribution in [0.4, 0.5) is 0 Å². The Kier molecular flexibility index (Phi) is 9.39. The Bertz CT molecular complexity index is 900. The van der Waals surface area contributed by atoms with E-state index in [9.17, 15) is 9.59 Å². The van der Waals surface area contributed by atoms with Gasteiger partial charge in [0.25, 0.3) is 0 Å². The highest BCUT2D eigenvalue weighted by Gasteiger charge is 2.23. The van der Waals surface area contributed by atoms with Gasteiger partial charge in [-0.1, -0.05) is 41.6 Å². The summed E-state index contributed by atoms with van der Waals surface area (Å²) in [6.07, 6.45) is 2.07. The van der Waals surface area contributed by atoms with Crippen molar-refractivity contribution in [1.82, 2.24) is 4.90 Å².